The lowest BCUT2D eigenvalue weighted by atomic mass is 10.2. The molecular formula is C14H20BrNO2. The average molecular weight is 314 g/mol. The van der Waals surface area contributed by atoms with Crippen LogP contribution in [0.15, 0.2) is 16.6 Å². The number of ether oxygens (including phenoxy) is 2. The minimum Gasteiger partial charge on any atom is -0.493 e. The summed E-state index contributed by atoms with van der Waals surface area (Å²) >= 11 is 3.54. The molecule has 0 amide bonds. The molecule has 2 rings (SSSR count). The molecule has 1 aromatic rings. The first-order valence-electron chi connectivity index (χ1n) is 6.38. The van der Waals surface area contributed by atoms with E-state index in [0.29, 0.717) is 12.6 Å². The van der Waals surface area contributed by atoms with Crippen molar-refractivity contribution in [3.63, 3.8) is 0 Å². The summed E-state index contributed by atoms with van der Waals surface area (Å²) in [6.45, 7) is 5.74. The van der Waals surface area contributed by atoms with Crippen molar-refractivity contribution < 1.29 is 9.47 Å². The van der Waals surface area contributed by atoms with E-state index >= 15 is 0 Å². The van der Waals surface area contributed by atoms with Crippen LogP contribution in [0.5, 0.6) is 11.5 Å². The fourth-order valence-corrected chi connectivity index (χ4v) is 2.62. The molecule has 1 saturated carbocycles. The Morgan fingerprint density at radius 3 is 2.72 bits per heavy atom. The standard InChI is InChI=1S/C14H20BrNO2/c1-4-18-14-11(15)6-10(7-13(14)17-3)8-16-12-5-9(12)2/h6-7,9,12,16H,4-5,8H2,1-3H3. The van der Waals surface area contributed by atoms with Gasteiger partial charge in [-0.3, -0.25) is 0 Å². The number of benzene rings is 1. The van der Waals surface area contributed by atoms with Crippen LogP contribution in [0.3, 0.4) is 0 Å². The molecule has 0 heterocycles. The van der Waals surface area contributed by atoms with Gasteiger partial charge in [-0.2, -0.15) is 0 Å². The fraction of sp³-hybridized carbons (Fsp3) is 0.571. The highest BCUT2D eigenvalue weighted by Crippen LogP contribution is 2.37. The number of nitrogens with one attached hydrogen (secondary N) is 1. The Morgan fingerprint density at radius 2 is 2.17 bits per heavy atom. The van der Waals surface area contributed by atoms with Crippen molar-refractivity contribution in [2.45, 2.75) is 32.9 Å². The summed E-state index contributed by atoms with van der Waals surface area (Å²) in [6, 6.07) is 4.81. The van der Waals surface area contributed by atoms with Gasteiger partial charge in [0.2, 0.25) is 0 Å². The summed E-state index contributed by atoms with van der Waals surface area (Å²) in [4.78, 5) is 0. The second-order valence-corrected chi connectivity index (χ2v) is 5.60. The molecule has 1 aromatic carbocycles. The quantitative estimate of drug-likeness (QED) is 0.873. The molecule has 3 nitrogen and oxygen atoms in total. The number of halogens is 1. The highest BCUT2D eigenvalue weighted by atomic mass is 79.9. The predicted octanol–water partition coefficient (Wildman–Crippen LogP) is 3.35. The first-order valence-corrected chi connectivity index (χ1v) is 7.17. The maximum atomic E-state index is 5.58. The molecular weight excluding hydrogens is 294 g/mol. The first-order chi connectivity index (χ1) is 8.65. The molecule has 4 heteroatoms. The van der Waals surface area contributed by atoms with Crippen LogP contribution in [-0.4, -0.2) is 19.8 Å². The highest BCUT2D eigenvalue weighted by Gasteiger charge is 2.31. The average Bonchev–Trinajstić information content (AvgIpc) is 3.05. The zero-order valence-corrected chi connectivity index (χ0v) is 12.7. The predicted molar refractivity (Wildman–Crippen MR) is 76.3 cm³/mol. The lowest BCUT2D eigenvalue weighted by Gasteiger charge is -2.13. The SMILES string of the molecule is CCOc1c(Br)cc(CNC2CC2C)cc1OC. The van der Waals surface area contributed by atoms with Gasteiger partial charge in [-0.1, -0.05) is 6.92 Å². The van der Waals surface area contributed by atoms with E-state index in [2.05, 4.69) is 34.2 Å². The van der Waals surface area contributed by atoms with E-state index in [-0.39, 0.29) is 0 Å². The zero-order valence-electron chi connectivity index (χ0n) is 11.1. The second kappa shape index (κ2) is 5.93. The van der Waals surface area contributed by atoms with Crippen LogP contribution < -0.4 is 14.8 Å². The molecule has 1 fully saturated rings. The van der Waals surface area contributed by atoms with E-state index in [1.165, 1.54) is 12.0 Å². The van der Waals surface area contributed by atoms with E-state index in [0.717, 1.165) is 28.4 Å². The van der Waals surface area contributed by atoms with Gasteiger partial charge >= 0.3 is 0 Å². The van der Waals surface area contributed by atoms with E-state index in [1.807, 2.05) is 13.0 Å². The molecule has 0 spiro atoms. The van der Waals surface area contributed by atoms with Crippen LogP contribution in [-0.2, 0) is 6.54 Å². The first kappa shape index (κ1) is 13.7. The topological polar surface area (TPSA) is 30.5 Å². The summed E-state index contributed by atoms with van der Waals surface area (Å²) in [6.07, 6.45) is 1.29. The monoisotopic (exact) mass is 313 g/mol. The maximum absolute atomic E-state index is 5.58. The van der Waals surface area contributed by atoms with Gasteiger partial charge in [0.05, 0.1) is 18.2 Å². The molecule has 1 N–H and O–H groups in total. The van der Waals surface area contributed by atoms with Crippen LogP contribution in [0.2, 0.25) is 0 Å². The number of methoxy groups -OCH3 is 1. The van der Waals surface area contributed by atoms with Crippen molar-refractivity contribution in [2.75, 3.05) is 13.7 Å². The molecule has 18 heavy (non-hydrogen) atoms. The second-order valence-electron chi connectivity index (χ2n) is 4.74. The number of rotatable bonds is 6. The van der Waals surface area contributed by atoms with E-state index in [9.17, 15) is 0 Å². The minimum absolute atomic E-state index is 0.631. The summed E-state index contributed by atoms with van der Waals surface area (Å²) in [5, 5.41) is 3.54. The Kier molecular flexibility index (Phi) is 4.51. The lowest BCUT2D eigenvalue weighted by molar-refractivity contribution is 0.308. The van der Waals surface area contributed by atoms with Crippen LogP contribution >= 0.6 is 15.9 Å². The minimum atomic E-state index is 0.631. The Morgan fingerprint density at radius 1 is 1.44 bits per heavy atom. The molecule has 1 aliphatic carbocycles. The lowest BCUT2D eigenvalue weighted by Crippen LogP contribution is -2.17. The Balaban J connectivity index is 2.09. The largest absolute Gasteiger partial charge is 0.493 e. The molecule has 100 valence electrons. The van der Waals surface area contributed by atoms with Crippen molar-refractivity contribution in [1.82, 2.24) is 5.32 Å². The van der Waals surface area contributed by atoms with Gasteiger partial charge < -0.3 is 14.8 Å². The molecule has 0 aromatic heterocycles. The van der Waals surface area contributed by atoms with Crippen molar-refractivity contribution in [2.24, 2.45) is 5.92 Å². The number of hydrogen-bond donors (Lipinski definition) is 1. The van der Waals surface area contributed by atoms with Gasteiger partial charge in [0.15, 0.2) is 11.5 Å². The van der Waals surface area contributed by atoms with E-state index in [4.69, 9.17) is 9.47 Å². The smallest absolute Gasteiger partial charge is 0.175 e. The third-order valence-electron chi connectivity index (χ3n) is 3.26. The Hall–Kier alpha value is -0.740. The summed E-state index contributed by atoms with van der Waals surface area (Å²) in [5.41, 5.74) is 1.21. The Bertz CT molecular complexity index is 423. The van der Waals surface area contributed by atoms with Crippen LogP contribution in [0.1, 0.15) is 25.8 Å². The third-order valence-corrected chi connectivity index (χ3v) is 3.84. The van der Waals surface area contributed by atoms with Gasteiger partial charge in [-0.05, 0) is 52.9 Å². The summed E-state index contributed by atoms with van der Waals surface area (Å²) in [7, 11) is 1.67. The van der Waals surface area contributed by atoms with E-state index < -0.39 is 0 Å². The normalized spacial score (nSPS) is 21.8. The highest BCUT2D eigenvalue weighted by molar-refractivity contribution is 9.10. The summed E-state index contributed by atoms with van der Waals surface area (Å²) in [5.74, 6) is 2.38. The van der Waals surface area contributed by atoms with Gasteiger partial charge in [0.25, 0.3) is 0 Å². The molecule has 0 saturated heterocycles. The van der Waals surface area contributed by atoms with Crippen molar-refractivity contribution in [3.8, 4) is 11.5 Å². The van der Waals surface area contributed by atoms with Crippen molar-refractivity contribution >= 4 is 15.9 Å². The van der Waals surface area contributed by atoms with Gasteiger partial charge in [0.1, 0.15) is 0 Å². The van der Waals surface area contributed by atoms with Crippen molar-refractivity contribution in [1.29, 1.82) is 0 Å². The zero-order chi connectivity index (χ0) is 13.1. The van der Waals surface area contributed by atoms with E-state index in [1.54, 1.807) is 7.11 Å². The van der Waals surface area contributed by atoms with Gasteiger partial charge in [-0.15, -0.1) is 0 Å². The fourth-order valence-electron chi connectivity index (χ4n) is 2.02. The molecule has 0 radical (unpaired) electrons. The molecule has 0 bridgehead atoms. The van der Waals surface area contributed by atoms with Crippen LogP contribution in [0.25, 0.3) is 0 Å². The maximum Gasteiger partial charge on any atom is 0.175 e. The van der Waals surface area contributed by atoms with Crippen molar-refractivity contribution in [3.05, 3.63) is 22.2 Å². The molecule has 0 aliphatic heterocycles. The molecule has 2 unspecified atom stereocenters. The van der Waals surface area contributed by atoms with Gasteiger partial charge in [-0.25, -0.2) is 0 Å². The summed E-state index contributed by atoms with van der Waals surface area (Å²) < 4.78 is 11.9. The molecule has 1 aliphatic rings. The van der Waals surface area contributed by atoms with Crippen LogP contribution in [0, 0.1) is 5.92 Å². The van der Waals surface area contributed by atoms with Gasteiger partial charge in [0, 0.05) is 12.6 Å². The third kappa shape index (κ3) is 3.18. The Labute approximate surface area is 117 Å². The van der Waals surface area contributed by atoms with Crippen LogP contribution in [0.4, 0.5) is 0 Å². The number of hydrogen-bond acceptors (Lipinski definition) is 3. The molecule has 2 atom stereocenters.